The molecule has 28 heavy (non-hydrogen) atoms. The summed E-state index contributed by atoms with van der Waals surface area (Å²) in [5.41, 5.74) is 0.837. The number of carbonyl (C=O) groups excluding carboxylic acids is 2. The summed E-state index contributed by atoms with van der Waals surface area (Å²) in [4.78, 5) is 31.1. The summed E-state index contributed by atoms with van der Waals surface area (Å²) in [6.07, 6.45) is -4.19. The molecule has 0 spiro atoms. The first-order valence-corrected chi connectivity index (χ1v) is 8.72. The molecule has 1 aromatic carbocycles. The highest BCUT2D eigenvalue weighted by molar-refractivity contribution is 6.30. The number of nitrogens with zero attached hydrogens (tertiary/aromatic N) is 3. The standard InChI is InChI=1S/C17H16ClF3N4O3/c18-12-3-1-2-11(8-12)9-24-6-7-25-10-13(28-16(25)23-15(24)27)14(26)22-5-4-17(19,20)21/h1-3,8,10H,4-7,9H2,(H,22,26). The Morgan fingerprint density at radius 1 is 1.32 bits per heavy atom. The van der Waals surface area contributed by atoms with Crippen molar-refractivity contribution in [3.05, 3.63) is 46.8 Å². The Hall–Kier alpha value is -2.75. The minimum atomic E-state index is -4.36. The number of hydrogen-bond acceptors (Lipinski definition) is 4. The van der Waals surface area contributed by atoms with Crippen molar-refractivity contribution in [2.24, 2.45) is 4.99 Å². The van der Waals surface area contributed by atoms with Gasteiger partial charge < -0.3 is 15.0 Å². The Labute approximate surface area is 163 Å². The number of aliphatic imine (C=N–C) groups is 1. The number of halogens is 4. The van der Waals surface area contributed by atoms with Crippen LogP contribution in [-0.2, 0) is 16.1 Å². The van der Waals surface area contributed by atoms with Gasteiger partial charge in [-0.3, -0.25) is 9.69 Å². The summed E-state index contributed by atoms with van der Waals surface area (Å²) in [7, 11) is 0. The Morgan fingerprint density at radius 3 is 2.82 bits per heavy atom. The summed E-state index contributed by atoms with van der Waals surface area (Å²) in [6.45, 7) is 0.353. The average Bonchev–Trinajstić information content (AvgIpc) is 2.94. The summed E-state index contributed by atoms with van der Waals surface area (Å²) in [6, 6.07) is 6.45. The fraction of sp³-hybridized carbons (Fsp3) is 0.353. The van der Waals surface area contributed by atoms with E-state index in [4.69, 9.17) is 16.3 Å². The molecule has 150 valence electrons. The zero-order chi connectivity index (χ0) is 20.3. The number of amides is 3. The lowest BCUT2D eigenvalue weighted by Crippen LogP contribution is -2.32. The molecule has 0 saturated carbocycles. The molecule has 11 heteroatoms. The SMILES string of the molecule is O=C(NCCC(F)(F)F)C1=CN2CCN(Cc3cccc(Cl)c3)C(=O)N=C2O1. The fourth-order valence-corrected chi connectivity index (χ4v) is 2.83. The minimum absolute atomic E-state index is 0.0837. The molecular formula is C17H16ClF3N4O3. The van der Waals surface area contributed by atoms with Crippen LogP contribution < -0.4 is 5.32 Å². The van der Waals surface area contributed by atoms with Crippen LogP contribution in [0.15, 0.2) is 41.2 Å². The number of alkyl halides is 3. The van der Waals surface area contributed by atoms with Gasteiger partial charge in [0.2, 0.25) is 5.76 Å². The van der Waals surface area contributed by atoms with E-state index in [1.165, 1.54) is 16.0 Å². The molecule has 1 aromatic rings. The molecule has 0 atom stereocenters. The van der Waals surface area contributed by atoms with Crippen molar-refractivity contribution in [2.45, 2.75) is 19.1 Å². The summed E-state index contributed by atoms with van der Waals surface area (Å²) in [5.74, 6) is -1.01. The van der Waals surface area contributed by atoms with Gasteiger partial charge in [-0.15, -0.1) is 4.99 Å². The number of urea groups is 1. The number of ether oxygens (including phenoxy) is 1. The number of rotatable bonds is 5. The lowest BCUT2D eigenvalue weighted by Gasteiger charge is -2.19. The van der Waals surface area contributed by atoms with E-state index in [1.807, 2.05) is 6.07 Å². The van der Waals surface area contributed by atoms with Crippen molar-refractivity contribution in [1.29, 1.82) is 0 Å². The summed E-state index contributed by atoms with van der Waals surface area (Å²) >= 11 is 5.95. The molecule has 0 aliphatic carbocycles. The third-order valence-electron chi connectivity index (χ3n) is 3.97. The highest BCUT2D eigenvalue weighted by atomic mass is 35.5. The van der Waals surface area contributed by atoms with Crippen LogP contribution in [0, 0.1) is 0 Å². The van der Waals surface area contributed by atoms with Crippen molar-refractivity contribution < 1.29 is 27.5 Å². The quantitative estimate of drug-likeness (QED) is 0.801. The van der Waals surface area contributed by atoms with E-state index in [2.05, 4.69) is 10.3 Å². The molecule has 0 unspecified atom stereocenters. The van der Waals surface area contributed by atoms with Crippen molar-refractivity contribution >= 4 is 29.6 Å². The van der Waals surface area contributed by atoms with Gasteiger partial charge in [0.1, 0.15) is 0 Å². The van der Waals surface area contributed by atoms with Crippen LogP contribution >= 0.6 is 11.6 Å². The maximum atomic E-state index is 12.4. The molecule has 0 saturated heterocycles. The molecule has 2 aliphatic rings. The number of carbonyl (C=O) groups is 2. The molecule has 7 nitrogen and oxygen atoms in total. The highest BCUT2D eigenvalue weighted by Crippen LogP contribution is 2.21. The maximum absolute atomic E-state index is 12.4. The molecule has 0 bridgehead atoms. The lowest BCUT2D eigenvalue weighted by molar-refractivity contribution is -0.135. The molecule has 0 radical (unpaired) electrons. The van der Waals surface area contributed by atoms with Crippen LogP contribution in [0.5, 0.6) is 0 Å². The second-order valence-electron chi connectivity index (χ2n) is 6.14. The number of benzene rings is 1. The van der Waals surface area contributed by atoms with Gasteiger partial charge in [-0.05, 0) is 17.7 Å². The minimum Gasteiger partial charge on any atom is -0.418 e. The van der Waals surface area contributed by atoms with E-state index in [0.29, 0.717) is 24.7 Å². The summed E-state index contributed by atoms with van der Waals surface area (Å²) in [5, 5.41) is 2.68. The zero-order valence-corrected chi connectivity index (χ0v) is 15.3. The third-order valence-corrected chi connectivity index (χ3v) is 4.21. The largest absolute Gasteiger partial charge is 0.418 e. The second-order valence-corrected chi connectivity index (χ2v) is 6.57. The first kappa shape index (κ1) is 20.0. The van der Waals surface area contributed by atoms with Crippen molar-refractivity contribution in [1.82, 2.24) is 15.1 Å². The van der Waals surface area contributed by atoms with Crippen LogP contribution in [0.4, 0.5) is 18.0 Å². The molecule has 2 aliphatic heterocycles. The normalized spacial score (nSPS) is 16.8. The Balaban J connectivity index is 1.59. The van der Waals surface area contributed by atoms with Gasteiger partial charge in [0.15, 0.2) is 0 Å². The van der Waals surface area contributed by atoms with Crippen LogP contribution in [0.1, 0.15) is 12.0 Å². The van der Waals surface area contributed by atoms with Crippen molar-refractivity contribution in [3.63, 3.8) is 0 Å². The van der Waals surface area contributed by atoms with Gasteiger partial charge in [0.05, 0.1) is 12.6 Å². The van der Waals surface area contributed by atoms with Gasteiger partial charge in [0.25, 0.3) is 5.91 Å². The lowest BCUT2D eigenvalue weighted by atomic mass is 10.2. The van der Waals surface area contributed by atoms with Gasteiger partial charge in [-0.2, -0.15) is 13.2 Å². The van der Waals surface area contributed by atoms with E-state index in [1.54, 1.807) is 18.2 Å². The Kier molecular flexibility index (Phi) is 5.78. The molecule has 2 heterocycles. The van der Waals surface area contributed by atoms with Gasteiger partial charge in [-0.1, -0.05) is 23.7 Å². The maximum Gasteiger partial charge on any atom is 0.390 e. The molecule has 0 aromatic heterocycles. The molecule has 0 fully saturated rings. The second kappa shape index (κ2) is 8.09. The fourth-order valence-electron chi connectivity index (χ4n) is 2.62. The zero-order valence-electron chi connectivity index (χ0n) is 14.5. The van der Waals surface area contributed by atoms with Crippen molar-refractivity contribution in [2.75, 3.05) is 19.6 Å². The number of fused-ring (bicyclic) bond motifs is 1. The third kappa shape index (κ3) is 5.16. The Morgan fingerprint density at radius 2 is 2.11 bits per heavy atom. The Bertz CT molecular complexity index is 841. The van der Waals surface area contributed by atoms with Crippen LogP contribution in [0.2, 0.25) is 5.02 Å². The van der Waals surface area contributed by atoms with E-state index in [-0.39, 0.29) is 11.8 Å². The number of hydrogen-bond donors (Lipinski definition) is 1. The topological polar surface area (TPSA) is 74.2 Å². The van der Waals surface area contributed by atoms with E-state index in [9.17, 15) is 22.8 Å². The van der Waals surface area contributed by atoms with Crippen LogP contribution in [-0.4, -0.2) is 53.6 Å². The van der Waals surface area contributed by atoms with E-state index >= 15 is 0 Å². The average molecular weight is 417 g/mol. The van der Waals surface area contributed by atoms with Crippen molar-refractivity contribution in [3.8, 4) is 0 Å². The smallest absolute Gasteiger partial charge is 0.390 e. The summed E-state index contributed by atoms with van der Waals surface area (Å²) < 4.78 is 41.7. The highest BCUT2D eigenvalue weighted by Gasteiger charge is 2.32. The predicted octanol–water partition coefficient (Wildman–Crippen LogP) is 2.87. The monoisotopic (exact) mass is 416 g/mol. The van der Waals surface area contributed by atoms with Gasteiger partial charge in [-0.25, -0.2) is 4.79 Å². The van der Waals surface area contributed by atoms with Crippen LogP contribution in [0.3, 0.4) is 0 Å². The first-order valence-electron chi connectivity index (χ1n) is 8.34. The van der Waals surface area contributed by atoms with E-state index in [0.717, 1.165) is 5.56 Å². The predicted molar refractivity (Wildman–Crippen MR) is 94.2 cm³/mol. The van der Waals surface area contributed by atoms with Gasteiger partial charge >= 0.3 is 18.2 Å². The molecule has 3 amide bonds. The molecule has 1 N–H and O–H groups in total. The molecular weight excluding hydrogens is 401 g/mol. The molecule has 3 rings (SSSR count). The van der Waals surface area contributed by atoms with Crippen LogP contribution in [0.25, 0.3) is 0 Å². The van der Waals surface area contributed by atoms with E-state index < -0.39 is 31.1 Å². The van der Waals surface area contributed by atoms with Gasteiger partial charge in [0, 0.05) is 31.2 Å². The first-order chi connectivity index (χ1) is 13.2. The number of amidine groups is 1. The number of nitrogens with one attached hydrogen (secondary N) is 1.